The minimum absolute atomic E-state index is 0.335. The third-order valence-corrected chi connectivity index (χ3v) is 2.80. The predicted octanol–water partition coefficient (Wildman–Crippen LogP) is 1.92. The summed E-state index contributed by atoms with van der Waals surface area (Å²) >= 11 is 0. The maximum atomic E-state index is 11.2. The molecule has 12 heavy (non-hydrogen) atoms. The van der Waals surface area contributed by atoms with Crippen molar-refractivity contribution in [3.05, 3.63) is 0 Å². The number of ketones is 1. The second-order valence-electron chi connectivity index (χ2n) is 3.96. The molecule has 2 aliphatic carbocycles. The summed E-state index contributed by atoms with van der Waals surface area (Å²) in [6, 6.07) is 0. The summed E-state index contributed by atoms with van der Waals surface area (Å²) in [6.07, 6.45) is 7.49. The summed E-state index contributed by atoms with van der Waals surface area (Å²) in [6.45, 7) is 0.384. The van der Waals surface area contributed by atoms with Gasteiger partial charge >= 0.3 is 0 Å². The minimum Gasteiger partial charge on any atom is -0.370 e. The van der Waals surface area contributed by atoms with Crippen molar-refractivity contribution >= 4 is 5.78 Å². The lowest BCUT2D eigenvalue weighted by Crippen LogP contribution is -2.16. The van der Waals surface area contributed by atoms with Gasteiger partial charge in [0.2, 0.25) is 0 Å². The van der Waals surface area contributed by atoms with Gasteiger partial charge in [-0.1, -0.05) is 12.8 Å². The Morgan fingerprint density at radius 3 is 2.42 bits per heavy atom. The molecular formula is C10H16O2. The molecule has 0 aliphatic heterocycles. The second kappa shape index (κ2) is 3.56. The molecule has 0 radical (unpaired) electrons. The van der Waals surface area contributed by atoms with Crippen LogP contribution in [0.2, 0.25) is 0 Å². The molecule has 0 bridgehead atoms. The van der Waals surface area contributed by atoms with Gasteiger partial charge in [-0.3, -0.25) is 4.79 Å². The van der Waals surface area contributed by atoms with E-state index in [4.69, 9.17) is 4.74 Å². The van der Waals surface area contributed by atoms with Crippen LogP contribution in [0.25, 0.3) is 0 Å². The number of carbonyl (C=O) groups is 1. The van der Waals surface area contributed by atoms with Gasteiger partial charge in [0, 0.05) is 5.92 Å². The Hall–Kier alpha value is -0.370. The lowest BCUT2D eigenvalue weighted by Gasteiger charge is -2.09. The summed E-state index contributed by atoms with van der Waals surface area (Å²) in [7, 11) is 0. The van der Waals surface area contributed by atoms with Crippen molar-refractivity contribution < 1.29 is 9.53 Å². The Bertz CT molecular complexity index is 167. The number of rotatable bonds is 4. The summed E-state index contributed by atoms with van der Waals surface area (Å²) < 4.78 is 5.52. The molecule has 2 heteroatoms. The zero-order valence-corrected chi connectivity index (χ0v) is 7.42. The summed E-state index contributed by atoms with van der Waals surface area (Å²) in [5, 5.41) is 0. The third-order valence-electron chi connectivity index (χ3n) is 2.80. The van der Waals surface area contributed by atoms with Crippen molar-refractivity contribution in [1.82, 2.24) is 0 Å². The van der Waals surface area contributed by atoms with Gasteiger partial charge < -0.3 is 4.74 Å². The number of hydrogen-bond donors (Lipinski definition) is 0. The highest BCUT2D eigenvalue weighted by molar-refractivity contribution is 5.84. The zero-order chi connectivity index (χ0) is 8.39. The first-order chi connectivity index (χ1) is 5.86. The molecule has 2 fully saturated rings. The molecule has 0 spiro atoms. The maximum absolute atomic E-state index is 11.2. The highest BCUT2D eigenvalue weighted by Gasteiger charge is 2.30. The van der Waals surface area contributed by atoms with Crippen LogP contribution in [0.15, 0.2) is 0 Å². The molecule has 2 aliphatic rings. The molecule has 0 amide bonds. The number of Topliss-reactive ketones (excluding diaryl/α,β-unsaturated/α-hetero) is 1. The monoisotopic (exact) mass is 168 g/mol. The quantitative estimate of drug-likeness (QED) is 0.641. The first kappa shape index (κ1) is 8.24. The third kappa shape index (κ3) is 2.07. The van der Waals surface area contributed by atoms with Gasteiger partial charge in [0.05, 0.1) is 6.10 Å². The summed E-state index contributed by atoms with van der Waals surface area (Å²) in [5.41, 5.74) is 0. The molecule has 0 aromatic heterocycles. The maximum Gasteiger partial charge on any atom is 0.161 e. The lowest BCUT2D eigenvalue weighted by atomic mass is 10.2. The van der Waals surface area contributed by atoms with Gasteiger partial charge in [0.15, 0.2) is 5.78 Å². The second-order valence-corrected chi connectivity index (χ2v) is 3.96. The van der Waals surface area contributed by atoms with Gasteiger partial charge in [-0.05, 0) is 25.7 Å². The van der Waals surface area contributed by atoms with Crippen molar-refractivity contribution in [2.24, 2.45) is 5.92 Å². The normalized spacial score (nSPS) is 24.7. The molecule has 2 nitrogen and oxygen atoms in total. The first-order valence-electron chi connectivity index (χ1n) is 5.00. The smallest absolute Gasteiger partial charge is 0.161 e. The van der Waals surface area contributed by atoms with Crippen LogP contribution in [-0.2, 0) is 9.53 Å². The molecule has 2 saturated carbocycles. The highest BCUT2D eigenvalue weighted by Crippen LogP contribution is 2.30. The van der Waals surface area contributed by atoms with Crippen LogP contribution in [0, 0.1) is 5.92 Å². The number of carbonyl (C=O) groups excluding carboxylic acids is 1. The molecule has 68 valence electrons. The largest absolute Gasteiger partial charge is 0.370 e. The van der Waals surface area contributed by atoms with Crippen molar-refractivity contribution in [2.75, 3.05) is 6.61 Å². The van der Waals surface area contributed by atoms with E-state index in [0.717, 1.165) is 25.7 Å². The van der Waals surface area contributed by atoms with Crippen LogP contribution in [-0.4, -0.2) is 18.5 Å². The molecule has 2 rings (SSSR count). The van der Waals surface area contributed by atoms with Gasteiger partial charge in [-0.2, -0.15) is 0 Å². The average molecular weight is 168 g/mol. The summed E-state index contributed by atoms with van der Waals surface area (Å²) in [4.78, 5) is 11.2. The van der Waals surface area contributed by atoms with Crippen molar-refractivity contribution in [1.29, 1.82) is 0 Å². The zero-order valence-electron chi connectivity index (χ0n) is 7.42. The fraction of sp³-hybridized carbons (Fsp3) is 0.900. The molecule has 0 saturated heterocycles. The first-order valence-corrected chi connectivity index (χ1v) is 5.00. The standard InChI is InChI=1S/C10H16O2/c11-10(8-5-6-8)7-12-9-3-1-2-4-9/h8-9H,1-7H2. The topological polar surface area (TPSA) is 26.3 Å². The van der Waals surface area contributed by atoms with E-state index in [9.17, 15) is 4.79 Å². The van der Waals surface area contributed by atoms with Crippen molar-refractivity contribution in [2.45, 2.75) is 44.6 Å². The minimum atomic E-state index is 0.335. The average Bonchev–Trinajstić information content (AvgIpc) is 2.80. The van der Waals surface area contributed by atoms with Crippen LogP contribution >= 0.6 is 0 Å². The molecule has 0 heterocycles. The van der Waals surface area contributed by atoms with Gasteiger partial charge in [0.25, 0.3) is 0 Å². The van der Waals surface area contributed by atoms with Gasteiger partial charge in [-0.25, -0.2) is 0 Å². The Kier molecular flexibility index (Phi) is 2.45. The Morgan fingerprint density at radius 2 is 1.83 bits per heavy atom. The highest BCUT2D eigenvalue weighted by atomic mass is 16.5. The van der Waals surface area contributed by atoms with E-state index in [1.165, 1.54) is 12.8 Å². The summed E-state index contributed by atoms with van der Waals surface area (Å²) in [5.74, 6) is 0.702. The Labute approximate surface area is 73.3 Å². The van der Waals surface area contributed by atoms with E-state index in [-0.39, 0.29) is 0 Å². The number of ether oxygens (including phenoxy) is 1. The Balaban J connectivity index is 1.63. The van der Waals surface area contributed by atoms with Crippen LogP contribution in [0.4, 0.5) is 0 Å². The predicted molar refractivity (Wildman–Crippen MR) is 45.9 cm³/mol. The van der Waals surface area contributed by atoms with Crippen molar-refractivity contribution in [3.8, 4) is 0 Å². The van der Waals surface area contributed by atoms with E-state index in [1.54, 1.807) is 0 Å². The van der Waals surface area contributed by atoms with E-state index >= 15 is 0 Å². The lowest BCUT2D eigenvalue weighted by molar-refractivity contribution is -0.126. The number of hydrogen-bond acceptors (Lipinski definition) is 2. The van der Waals surface area contributed by atoms with Crippen LogP contribution in [0.1, 0.15) is 38.5 Å². The molecule has 0 unspecified atom stereocenters. The molecule has 0 aromatic carbocycles. The van der Waals surface area contributed by atoms with Crippen molar-refractivity contribution in [3.63, 3.8) is 0 Å². The molecule has 0 N–H and O–H groups in total. The fourth-order valence-corrected chi connectivity index (χ4v) is 1.78. The molecule has 0 aromatic rings. The fourth-order valence-electron chi connectivity index (χ4n) is 1.78. The van der Waals surface area contributed by atoms with E-state index in [0.29, 0.717) is 24.4 Å². The van der Waals surface area contributed by atoms with E-state index < -0.39 is 0 Å². The van der Waals surface area contributed by atoms with Crippen LogP contribution in [0.5, 0.6) is 0 Å². The molecule has 0 atom stereocenters. The Morgan fingerprint density at radius 1 is 1.17 bits per heavy atom. The van der Waals surface area contributed by atoms with Gasteiger partial charge in [0.1, 0.15) is 6.61 Å². The van der Waals surface area contributed by atoms with E-state index in [1.807, 2.05) is 0 Å². The van der Waals surface area contributed by atoms with E-state index in [2.05, 4.69) is 0 Å². The SMILES string of the molecule is O=C(COC1CCCC1)C1CC1. The van der Waals surface area contributed by atoms with Crippen LogP contribution < -0.4 is 0 Å². The molecular weight excluding hydrogens is 152 g/mol. The van der Waals surface area contributed by atoms with Crippen LogP contribution in [0.3, 0.4) is 0 Å². The van der Waals surface area contributed by atoms with Gasteiger partial charge in [-0.15, -0.1) is 0 Å².